The number of rotatable bonds is 3. The van der Waals surface area contributed by atoms with Crippen LogP contribution in [0.15, 0.2) is 9.53 Å². The van der Waals surface area contributed by atoms with Gasteiger partial charge in [-0.25, -0.2) is 9.59 Å². The molecule has 0 aliphatic carbocycles. The van der Waals surface area contributed by atoms with Gasteiger partial charge in [0.05, 0.1) is 0 Å². The Bertz CT molecular complexity index is 251. The first-order valence-corrected chi connectivity index (χ1v) is 4.53. The van der Waals surface area contributed by atoms with Crippen molar-refractivity contribution in [2.45, 2.75) is 19.5 Å². The second kappa shape index (κ2) is 3.99. The summed E-state index contributed by atoms with van der Waals surface area (Å²) in [5.74, 6) is 0. The van der Waals surface area contributed by atoms with E-state index in [1.165, 1.54) is 0 Å². The Kier molecular flexibility index (Phi) is 3.63. The zero-order valence-corrected chi connectivity index (χ0v) is 7.04. The first-order chi connectivity index (χ1) is 5.06. The Morgan fingerprint density at radius 1 is 1.18 bits per heavy atom. The lowest BCUT2D eigenvalue weighted by Gasteiger charge is -2.05. The molecule has 0 spiro atoms. The summed E-state index contributed by atoms with van der Waals surface area (Å²) in [6.45, 7) is 3.09. The maximum atomic E-state index is 11.3. The van der Waals surface area contributed by atoms with Crippen molar-refractivity contribution in [3.05, 3.63) is 0 Å². The van der Waals surface area contributed by atoms with E-state index < -0.39 is 13.1 Å². The van der Waals surface area contributed by atoms with Crippen LogP contribution in [0, 0.1) is 0 Å². The highest BCUT2D eigenvalue weighted by Gasteiger charge is 2.24. The van der Waals surface area contributed by atoms with Crippen LogP contribution in [0.25, 0.3) is 0 Å². The highest BCUT2D eigenvalue weighted by Crippen LogP contribution is 2.52. The number of nitrogens with zero attached hydrogens (tertiary/aromatic N) is 2. The molecule has 6 heteroatoms. The van der Waals surface area contributed by atoms with Gasteiger partial charge in [-0.05, 0) is 0 Å². The summed E-state index contributed by atoms with van der Waals surface area (Å²) in [7, 11) is -3.39. The number of carbonyl (C=O) groups excluding carboxylic acids is 2. The largest absolute Gasteiger partial charge is 0.322 e. The van der Waals surface area contributed by atoms with Crippen LogP contribution in [0.1, 0.15) is 13.8 Å². The molecule has 0 aromatic heterocycles. The van der Waals surface area contributed by atoms with Crippen LogP contribution in [0.3, 0.4) is 0 Å². The Balaban J connectivity index is 4.97. The lowest BCUT2D eigenvalue weighted by molar-refractivity contribution is 0.555. The molecule has 0 heterocycles. The summed E-state index contributed by atoms with van der Waals surface area (Å²) in [5, 5.41) is 0. The van der Waals surface area contributed by atoms with E-state index in [0.29, 0.717) is 0 Å². The molecule has 0 radical (unpaired) electrons. The Labute approximate surface area is 63.7 Å². The van der Waals surface area contributed by atoms with Crippen molar-refractivity contribution in [3.63, 3.8) is 0 Å². The van der Waals surface area contributed by atoms with E-state index in [1.54, 1.807) is 13.8 Å². The molecule has 0 unspecified atom stereocenters. The van der Waals surface area contributed by atoms with Crippen LogP contribution in [0.4, 0.5) is 0 Å². The van der Waals surface area contributed by atoms with E-state index in [0.717, 1.165) is 12.2 Å². The molecule has 11 heavy (non-hydrogen) atoms. The molecule has 60 valence electrons. The van der Waals surface area contributed by atoms with Gasteiger partial charge in [-0.2, -0.15) is 0 Å². The van der Waals surface area contributed by atoms with Gasteiger partial charge in [0.2, 0.25) is 12.2 Å². The maximum absolute atomic E-state index is 11.3. The third kappa shape index (κ3) is 2.60. The van der Waals surface area contributed by atoms with Gasteiger partial charge < -0.3 is 0 Å². The first kappa shape index (κ1) is 9.99. The smallest absolute Gasteiger partial charge is 0.270 e. The molecule has 0 aromatic carbocycles. The topological polar surface area (TPSA) is 75.9 Å². The predicted molar refractivity (Wildman–Crippen MR) is 39.0 cm³/mol. The van der Waals surface area contributed by atoms with Crippen molar-refractivity contribution >= 4 is 19.6 Å². The van der Waals surface area contributed by atoms with E-state index in [1.807, 2.05) is 0 Å². The average molecular weight is 174 g/mol. The summed E-state index contributed by atoms with van der Waals surface area (Å²) in [6, 6.07) is 0. The standard InChI is InChI=1S/C5H7N2O3P/c1-5(2)11(10,6-3-8)7-4-9/h5H,1-2H3. The van der Waals surface area contributed by atoms with Gasteiger partial charge in [0.15, 0.2) is 0 Å². The summed E-state index contributed by atoms with van der Waals surface area (Å²) in [4.78, 5) is 19.5. The summed E-state index contributed by atoms with van der Waals surface area (Å²) in [5.41, 5.74) is -0.467. The molecule has 0 amide bonds. The molecule has 0 aliphatic heterocycles. The lowest BCUT2D eigenvalue weighted by Crippen LogP contribution is -1.92. The monoisotopic (exact) mass is 174 g/mol. The molecule has 0 saturated carbocycles. The van der Waals surface area contributed by atoms with Crippen LogP contribution >= 0.6 is 7.44 Å². The minimum absolute atomic E-state index is 0.467. The van der Waals surface area contributed by atoms with Crippen molar-refractivity contribution in [1.29, 1.82) is 0 Å². The van der Waals surface area contributed by atoms with E-state index in [9.17, 15) is 14.2 Å². The van der Waals surface area contributed by atoms with E-state index >= 15 is 0 Å². The van der Waals surface area contributed by atoms with Gasteiger partial charge in [0.1, 0.15) is 0 Å². The van der Waals surface area contributed by atoms with Crippen molar-refractivity contribution in [2.75, 3.05) is 0 Å². The third-order valence-corrected chi connectivity index (χ3v) is 3.12. The minimum atomic E-state index is -3.39. The molecule has 0 N–H and O–H groups in total. The summed E-state index contributed by atoms with van der Waals surface area (Å²) in [6.07, 6.45) is 2.23. The van der Waals surface area contributed by atoms with Gasteiger partial charge in [-0.15, -0.1) is 9.53 Å². The normalized spacial score (nSPS) is 14.5. The average Bonchev–Trinajstić information content (AvgIpc) is 1.88. The number of hydrogen-bond donors (Lipinski definition) is 0. The second-order valence-electron chi connectivity index (χ2n) is 2.07. The van der Waals surface area contributed by atoms with Gasteiger partial charge in [0.25, 0.3) is 0 Å². The van der Waals surface area contributed by atoms with Crippen molar-refractivity contribution in [1.82, 2.24) is 0 Å². The number of hydrogen-bond acceptors (Lipinski definition) is 3. The molecular weight excluding hydrogens is 167 g/mol. The van der Waals surface area contributed by atoms with Crippen LogP contribution in [-0.4, -0.2) is 17.8 Å². The molecule has 0 atom stereocenters. The minimum Gasteiger partial charge on any atom is -0.270 e. The zero-order chi connectivity index (χ0) is 8.91. The van der Waals surface area contributed by atoms with Crippen LogP contribution in [0.2, 0.25) is 0 Å². The highest BCUT2D eigenvalue weighted by molar-refractivity contribution is 7.62. The SMILES string of the molecule is CC(C)P(=O)(N=C=O)N=C=O. The van der Waals surface area contributed by atoms with Crippen LogP contribution in [0.5, 0.6) is 0 Å². The molecule has 5 nitrogen and oxygen atoms in total. The van der Waals surface area contributed by atoms with Crippen LogP contribution < -0.4 is 0 Å². The van der Waals surface area contributed by atoms with Crippen molar-refractivity contribution < 1.29 is 14.2 Å². The van der Waals surface area contributed by atoms with Crippen LogP contribution in [-0.2, 0) is 14.2 Å². The first-order valence-electron chi connectivity index (χ1n) is 2.85. The fourth-order valence-corrected chi connectivity index (χ4v) is 1.11. The molecule has 0 fully saturated rings. The van der Waals surface area contributed by atoms with E-state index in [4.69, 9.17) is 0 Å². The van der Waals surface area contributed by atoms with Crippen molar-refractivity contribution in [3.8, 4) is 0 Å². The molecule has 0 rings (SSSR count). The van der Waals surface area contributed by atoms with E-state index in [2.05, 4.69) is 9.53 Å². The fourth-order valence-electron chi connectivity index (χ4n) is 0.370. The Hall–Kier alpha value is -1.01. The fraction of sp³-hybridized carbons (Fsp3) is 0.600. The van der Waals surface area contributed by atoms with Crippen molar-refractivity contribution in [2.24, 2.45) is 9.53 Å². The molecule has 0 saturated heterocycles. The maximum Gasteiger partial charge on any atom is 0.322 e. The lowest BCUT2D eigenvalue weighted by atomic mass is 10.6. The molecule has 0 bridgehead atoms. The number of isocyanates is 2. The Morgan fingerprint density at radius 3 is 1.73 bits per heavy atom. The molecular formula is C5H7N2O3P. The molecule has 0 aromatic rings. The quantitative estimate of drug-likeness (QED) is 0.367. The third-order valence-electron chi connectivity index (χ3n) is 1.04. The summed E-state index contributed by atoms with van der Waals surface area (Å²) < 4.78 is 17.2. The zero-order valence-electron chi connectivity index (χ0n) is 6.14. The predicted octanol–water partition coefficient (Wildman–Crippen LogP) is 1.26. The molecule has 0 aliphatic rings. The van der Waals surface area contributed by atoms with E-state index in [-0.39, 0.29) is 0 Å². The van der Waals surface area contributed by atoms with Gasteiger partial charge in [-0.1, -0.05) is 13.8 Å². The van der Waals surface area contributed by atoms with Gasteiger partial charge in [0, 0.05) is 5.66 Å². The van der Waals surface area contributed by atoms with Gasteiger partial charge >= 0.3 is 7.44 Å². The highest BCUT2D eigenvalue weighted by atomic mass is 31.2. The Morgan fingerprint density at radius 2 is 1.55 bits per heavy atom. The second-order valence-corrected chi connectivity index (χ2v) is 4.68. The summed E-state index contributed by atoms with van der Waals surface area (Å²) >= 11 is 0. The van der Waals surface area contributed by atoms with Gasteiger partial charge in [-0.3, -0.25) is 4.57 Å².